The van der Waals surface area contributed by atoms with Gasteiger partial charge in [0.1, 0.15) is 0 Å². The number of carbonyl (C=O) groups excluding carboxylic acids is 1. The van der Waals surface area contributed by atoms with Crippen LogP contribution in [0.4, 0.5) is 5.69 Å². The lowest BCUT2D eigenvalue weighted by molar-refractivity contribution is -0.383. The summed E-state index contributed by atoms with van der Waals surface area (Å²) in [5.41, 5.74) is 0.0550. The number of carbonyl (C=O) groups is 1. The van der Waals surface area contributed by atoms with Gasteiger partial charge in [-0.05, 0) is 23.6 Å². The van der Waals surface area contributed by atoms with Crippen LogP contribution in [0.3, 0.4) is 0 Å². The topological polar surface area (TPSA) is 105 Å². The van der Waals surface area contributed by atoms with Gasteiger partial charge in [0.15, 0.2) is 0 Å². The number of hydrogen-bond acceptors (Lipinski definition) is 5. The van der Waals surface area contributed by atoms with Gasteiger partial charge in [-0.25, -0.2) is 0 Å². The van der Waals surface area contributed by atoms with E-state index in [2.05, 4.69) is 10.3 Å². The van der Waals surface area contributed by atoms with Crippen molar-refractivity contribution in [3.8, 4) is 0 Å². The lowest BCUT2D eigenvalue weighted by atomic mass is 9.89. The first-order valence-electron chi connectivity index (χ1n) is 7.20. The number of nitrogens with zero attached hydrogens (tertiary/aromatic N) is 2. The number of hydrogen-bond donors (Lipinski definition) is 2. The predicted molar refractivity (Wildman–Crippen MR) is 86.2 cm³/mol. The number of nitro benzene ring substituents is 1. The second-order valence-electron chi connectivity index (χ2n) is 6.38. The van der Waals surface area contributed by atoms with Crippen molar-refractivity contribution in [2.75, 3.05) is 6.54 Å². The summed E-state index contributed by atoms with van der Waals surface area (Å²) in [6.45, 7) is 5.69. The standard InChI is InChI=1S/C16H19N3O4/c1-16(2,3)13(20)9-18-15(21)11-6-7-12(19(22)23)10-5-4-8-17-14(10)11/h4-8,13,20H,9H2,1-3H3,(H,18,21). The molecule has 23 heavy (non-hydrogen) atoms. The van der Waals surface area contributed by atoms with Crippen molar-refractivity contribution < 1.29 is 14.8 Å². The fourth-order valence-electron chi connectivity index (χ4n) is 2.09. The maximum atomic E-state index is 12.3. The third-order valence-electron chi connectivity index (χ3n) is 3.64. The molecule has 0 radical (unpaired) electrons. The highest BCUT2D eigenvalue weighted by atomic mass is 16.6. The molecule has 7 heteroatoms. The third kappa shape index (κ3) is 3.62. The summed E-state index contributed by atoms with van der Waals surface area (Å²) >= 11 is 0. The van der Waals surface area contributed by atoms with E-state index < -0.39 is 16.9 Å². The number of nitrogens with one attached hydrogen (secondary N) is 1. The van der Waals surface area contributed by atoms with Crippen LogP contribution in [-0.2, 0) is 0 Å². The van der Waals surface area contributed by atoms with Gasteiger partial charge < -0.3 is 10.4 Å². The van der Waals surface area contributed by atoms with Crippen molar-refractivity contribution in [2.24, 2.45) is 5.41 Å². The van der Waals surface area contributed by atoms with E-state index in [9.17, 15) is 20.0 Å². The van der Waals surface area contributed by atoms with E-state index >= 15 is 0 Å². The van der Waals surface area contributed by atoms with Gasteiger partial charge in [-0.2, -0.15) is 0 Å². The van der Waals surface area contributed by atoms with E-state index in [0.29, 0.717) is 5.39 Å². The molecule has 0 fully saturated rings. The predicted octanol–water partition coefficient (Wildman–Crippen LogP) is 2.28. The van der Waals surface area contributed by atoms with Gasteiger partial charge in [-0.1, -0.05) is 20.8 Å². The molecule has 1 aromatic carbocycles. The van der Waals surface area contributed by atoms with Crippen LogP contribution >= 0.6 is 0 Å². The molecule has 7 nitrogen and oxygen atoms in total. The van der Waals surface area contributed by atoms with Crippen molar-refractivity contribution in [1.82, 2.24) is 10.3 Å². The second-order valence-corrected chi connectivity index (χ2v) is 6.38. The molecule has 1 amide bonds. The first-order chi connectivity index (χ1) is 10.7. The minimum atomic E-state index is -0.705. The molecule has 122 valence electrons. The number of amides is 1. The number of aromatic nitrogens is 1. The van der Waals surface area contributed by atoms with Crippen LogP contribution in [0.2, 0.25) is 0 Å². The van der Waals surface area contributed by atoms with Crippen LogP contribution < -0.4 is 5.32 Å². The van der Waals surface area contributed by atoms with Crippen molar-refractivity contribution >= 4 is 22.5 Å². The summed E-state index contributed by atoms with van der Waals surface area (Å²) in [7, 11) is 0. The van der Waals surface area contributed by atoms with Crippen LogP contribution in [-0.4, -0.2) is 33.6 Å². The molecule has 0 spiro atoms. The van der Waals surface area contributed by atoms with Crippen LogP contribution in [0.1, 0.15) is 31.1 Å². The molecule has 1 unspecified atom stereocenters. The van der Waals surface area contributed by atoms with E-state index in [4.69, 9.17) is 0 Å². The van der Waals surface area contributed by atoms with Gasteiger partial charge in [0.05, 0.1) is 27.5 Å². The van der Waals surface area contributed by atoms with Crippen LogP contribution in [0, 0.1) is 15.5 Å². The number of benzene rings is 1. The molecule has 0 saturated carbocycles. The zero-order valence-corrected chi connectivity index (χ0v) is 13.2. The van der Waals surface area contributed by atoms with Crippen LogP contribution in [0.25, 0.3) is 10.9 Å². The summed E-state index contributed by atoms with van der Waals surface area (Å²) in [4.78, 5) is 27.0. The number of rotatable bonds is 4. The largest absolute Gasteiger partial charge is 0.391 e. The van der Waals surface area contributed by atoms with E-state index in [1.54, 1.807) is 12.1 Å². The Morgan fingerprint density at radius 3 is 2.70 bits per heavy atom. The molecular weight excluding hydrogens is 298 g/mol. The highest BCUT2D eigenvalue weighted by molar-refractivity contribution is 6.07. The van der Waals surface area contributed by atoms with Crippen molar-refractivity contribution in [3.05, 3.63) is 46.1 Å². The summed E-state index contributed by atoms with van der Waals surface area (Å²) in [5.74, 6) is -0.424. The van der Waals surface area contributed by atoms with Crippen molar-refractivity contribution in [3.63, 3.8) is 0 Å². The number of aliphatic hydroxyl groups excluding tert-OH is 1. The molecule has 1 atom stereocenters. The number of pyridine rings is 1. The van der Waals surface area contributed by atoms with Gasteiger partial charge in [0.25, 0.3) is 11.6 Å². The Hall–Kier alpha value is -2.54. The molecule has 1 heterocycles. The third-order valence-corrected chi connectivity index (χ3v) is 3.64. The first-order valence-corrected chi connectivity index (χ1v) is 7.20. The number of aliphatic hydroxyl groups is 1. The van der Waals surface area contributed by atoms with Crippen LogP contribution in [0.15, 0.2) is 30.5 Å². The summed E-state index contributed by atoms with van der Waals surface area (Å²) in [6, 6.07) is 5.81. The summed E-state index contributed by atoms with van der Waals surface area (Å²) in [6.07, 6.45) is 0.774. The molecule has 0 aliphatic rings. The van der Waals surface area contributed by atoms with Gasteiger partial charge in [-0.3, -0.25) is 19.9 Å². The average Bonchev–Trinajstić information content (AvgIpc) is 2.49. The minimum absolute atomic E-state index is 0.0909. The smallest absolute Gasteiger partial charge is 0.278 e. The highest BCUT2D eigenvalue weighted by Gasteiger charge is 2.24. The molecule has 0 aliphatic carbocycles. The zero-order chi connectivity index (χ0) is 17.2. The van der Waals surface area contributed by atoms with Gasteiger partial charge in [0.2, 0.25) is 0 Å². The summed E-state index contributed by atoms with van der Waals surface area (Å²) < 4.78 is 0. The molecule has 2 N–H and O–H groups in total. The minimum Gasteiger partial charge on any atom is -0.391 e. The van der Waals surface area contributed by atoms with Crippen molar-refractivity contribution in [1.29, 1.82) is 0 Å². The molecule has 1 aromatic heterocycles. The van der Waals surface area contributed by atoms with Crippen molar-refractivity contribution in [2.45, 2.75) is 26.9 Å². The fourth-order valence-corrected chi connectivity index (χ4v) is 2.09. The fraction of sp³-hybridized carbons (Fsp3) is 0.375. The van der Waals surface area contributed by atoms with Gasteiger partial charge in [-0.15, -0.1) is 0 Å². The highest BCUT2D eigenvalue weighted by Crippen LogP contribution is 2.26. The quantitative estimate of drug-likeness (QED) is 0.665. The Bertz CT molecular complexity index is 753. The SMILES string of the molecule is CC(C)(C)C(O)CNC(=O)c1ccc([N+](=O)[O-])c2cccnc12. The Balaban J connectivity index is 2.32. The number of non-ortho nitro benzene ring substituents is 1. The van der Waals surface area contributed by atoms with Crippen LogP contribution in [0.5, 0.6) is 0 Å². The average molecular weight is 317 g/mol. The lowest BCUT2D eigenvalue weighted by Gasteiger charge is -2.25. The Morgan fingerprint density at radius 1 is 1.39 bits per heavy atom. The molecule has 0 bridgehead atoms. The lowest BCUT2D eigenvalue weighted by Crippen LogP contribution is -2.39. The number of nitro groups is 1. The molecular formula is C16H19N3O4. The Labute approximate surface area is 133 Å². The van der Waals surface area contributed by atoms with E-state index in [0.717, 1.165) is 0 Å². The van der Waals surface area contributed by atoms with E-state index in [1.807, 2.05) is 20.8 Å². The molecule has 0 aliphatic heterocycles. The Morgan fingerprint density at radius 2 is 2.09 bits per heavy atom. The summed E-state index contributed by atoms with van der Waals surface area (Å²) in [5, 5.41) is 24.0. The maximum absolute atomic E-state index is 12.3. The van der Waals surface area contributed by atoms with E-state index in [-0.39, 0.29) is 28.7 Å². The van der Waals surface area contributed by atoms with Gasteiger partial charge >= 0.3 is 0 Å². The zero-order valence-electron chi connectivity index (χ0n) is 13.2. The molecule has 2 rings (SSSR count). The second kappa shape index (κ2) is 6.29. The molecule has 2 aromatic rings. The van der Waals surface area contributed by atoms with Gasteiger partial charge in [0, 0.05) is 18.8 Å². The Kier molecular flexibility index (Phi) is 4.60. The first kappa shape index (κ1) is 16.8. The normalized spacial score (nSPS) is 12.9. The molecule has 0 saturated heterocycles. The number of fused-ring (bicyclic) bond motifs is 1. The maximum Gasteiger partial charge on any atom is 0.278 e. The van der Waals surface area contributed by atoms with E-state index in [1.165, 1.54) is 18.3 Å². The monoisotopic (exact) mass is 317 g/mol.